The van der Waals surface area contributed by atoms with Crippen molar-refractivity contribution in [3.05, 3.63) is 23.4 Å². The number of hydrogen-bond acceptors (Lipinski definition) is 5. The highest BCUT2D eigenvalue weighted by molar-refractivity contribution is 5.93. The Labute approximate surface area is 147 Å². The number of carbonyl (C=O) groups is 1. The van der Waals surface area contributed by atoms with Gasteiger partial charge < -0.3 is 14.2 Å². The molecule has 0 saturated carbocycles. The van der Waals surface area contributed by atoms with Gasteiger partial charge in [0.1, 0.15) is 0 Å². The molecule has 3 heterocycles. The number of aromatic nitrogens is 5. The zero-order valence-corrected chi connectivity index (χ0v) is 14.8. The highest BCUT2D eigenvalue weighted by Crippen LogP contribution is 2.33. The van der Waals surface area contributed by atoms with Crippen molar-refractivity contribution >= 4 is 5.91 Å². The van der Waals surface area contributed by atoms with Crippen LogP contribution in [0, 0.1) is 0 Å². The van der Waals surface area contributed by atoms with Crippen LogP contribution in [-0.2, 0) is 19.8 Å². The molecule has 1 unspecified atom stereocenters. The number of aryl methyl sites for hydroxylation is 1. The smallest absolute Gasteiger partial charge is 0.451 e. The van der Waals surface area contributed by atoms with Gasteiger partial charge in [0.05, 0.1) is 12.1 Å². The highest BCUT2D eigenvalue weighted by Gasteiger charge is 2.42. The van der Waals surface area contributed by atoms with Crippen LogP contribution in [0.5, 0.6) is 5.88 Å². The standard InChI is InChI=1S/C15H19F3N6O2/c1-8(2)26-11-7-10(21-22(11)4)13(25)23-5-6-24-12(9(23)3)19-20-14(24)15(16,17)18/h7-9H,5-6H2,1-4H3. The highest BCUT2D eigenvalue weighted by atomic mass is 19.4. The third kappa shape index (κ3) is 3.13. The minimum Gasteiger partial charge on any atom is -0.475 e. The summed E-state index contributed by atoms with van der Waals surface area (Å²) in [5.74, 6) is -0.895. The molecule has 1 aliphatic heterocycles. The van der Waals surface area contributed by atoms with Crippen LogP contribution in [0.3, 0.4) is 0 Å². The minimum absolute atomic E-state index is 0.0323. The first-order chi connectivity index (χ1) is 12.1. The van der Waals surface area contributed by atoms with Crippen LogP contribution in [0.1, 0.15) is 49.0 Å². The molecule has 2 aromatic rings. The first kappa shape index (κ1) is 18.2. The summed E-state index contributed by atoms with van der Waals surface area (Å²) in [4.78, 5) is 14.2. The summed E-state index contributed by atoms with van der Waals surface area (Å²) in [6.45, 7) is 5.39. The van der Waals surface area contributed by atoms with Crippen molar-refractivity contribution in [3.63, 3.8) is 0 Å². The van der Waals surface area contributed by atoms with Crippen molar-refractivity contribution in [2.75, 3.05) is 6.54 Å². The molecule has 8 nitrogen and oxygen atoms in total. The molecular weight excluding hydrogens is 353 g/mol. The Morgan fingerprint density at radius 3 is 2.62 bits per heavy atom. The Balaban J connectivity index is 1.85. The van der Waals surface area contributed by atoms with Crippen LogP contribution in [0.4, 0.5) is 13.2 Å². The van der Waals surface area contributed by atoms with Gasteiger partial charge in [-0.1, -0.05) is 0 Å². The Hall–Kier alpha value is -2.59. The summed E-state index contributed by atoms with van der Waals surface area (Å²) in [6.07, 6.45) is -4.66. The van der Waals surface area contributed by atoms with Gasteiger partial charge in [-0.05, 0) is 20.8 Å². The average molecular weight is 372 g/mol. The second-order valence-electron chi connectivity index (χ2n) is 6.36. The van der Waals surface area contributed by atoms with Crippen LogP contribution in [-0.4, -0.2) is 48.0 Å². The summed E-state index contributed by atoms with van der Waals surface area (Å²) >= 11 is 0. The molecule has 1 atom stereocenters. The van der Waals surface area contributed by atoms with E-state index in [9.17, 15) is 18.0 Å². The van der Waals surface area contributed by atoms with Crippen molar-refractivity contribution in [2.45, 2.75) is 45.6 Å². The summed E-state index contributed by atoms with van der Waals surface area (Å²) < 4.78 is 47.0. The summed E-state index contributed by atoms with van der Waals surface area (Å²) in [5.41, 5.74) is 0.166. The molecule has 3 rings (SSSR count). The first-order valence-electron chi connectivity index (χ1n) is 8.11. The molecule has 1 aliphatic rings. The number of carbonyl (C=O) groups excluding carboxylic acids is 1. The fourth-order valence-corrected chi connectivity index (χ4v) is 2.93. The monoisotopic (exact) mass is 372 g/mol. The first-order valence-corrected chi connectivity index (χ1v) is 8.11. The fourth-order valence-electron chi connectivity index (χ4n) is 2.93. The third-order valence-electron chi connectivity index (χ3n) is 4.11. The maximum Gasteiger partial charge on any atom is 0.451 e. The summed E-state index contributed by atoms with van der Waals surface area (Å²) in [6, 6.07) is 0.867. The lowest BCUT2D eigenvalue weighted by Gasteiger charge is -2.33. The molecule has 0 aliphatic carbocycles. The lowest BCUT2D eigenvalue weighted by Crippen LogP contribution is -2.42. The molecule has 1 amide bonds. The van der Waals surface area contributed by atoms with Crippen molar-refractivity contribution in [1.29, 1.82) is 0 Å². The van der Waals surface area contributed by atoms with Gasteiger partial charge >= 0.3 is 6.18 Å². The molecule has 0 N–H and O–H groups in total. The van der Waals surface area contributed by atoms with Gasteiger partial charge in [-0.15, -0.1) is 10.2 Å². The molecular formula is C15H19F3N6O2. The number of alkyl halides is 3. The maximum atomic E-state index is 13.0. The number of rotatable bonds is 3. The van der Waals surface area contributed by atoms with E-state index >= 15 is 0 Å². The van der Waals surface area contributed by atoms with Crippen LogP contribution >= 0.6 is 0 Å². The van der Waals surface area contributed by atoms with Crippen LogP contribution in [0.2, 0.25) is 0 Å². The van der Waals surface area contributed by atoms with Gasteiger partial charge in [-0.2, -0.15) is 18.3 Å². The van der Waals surface area contributed by atoms with E-state index in [1.54, 1.807) is 14.0 Å². The molecule has 26 heavy (non-hydrogen) atoms. The molecule has 0 fully saturated rings. The molecule has 11 heteroatoms. The molecule has 0 bridgehead atoms. The second-order valence-corrected chi connectivity index (χ2v) is 6.36. The van der Waals surface area contributed by atoms with E-state index < -0.39 is 23.9 Å². The van der Waals surface area contributed by atoms with E-state index in [2.05, 4.69) is 15.3 Å². The van der Waals surface area contributed by atoms with Gasteiger partial charge in [0, 0.05) is 26.2 Å². The number of fused-ring (bicyclic) bond motifs is 1. The van der Waals surface area contributed by atoms with E-state index in [1.165, 1.54) is 15.6 Å². The predicted octanol–water partition coefficient (Wildman–Crippen LogP) is 2.03. The Kier molecular flexibility index (Phi) is 4.41. The minimum atomic E-state index is -4.58. The predicted molar refractivity (Wildman–Crippen MR) is 83.4 cm³/mol. The topological polar surface area (TPSA) is 78.1 Å². The van der Waals surface area contributed by atoms with Crippen molar-refractivity contribution in [3.8, 4) is 5.88 Å². The summed E-state index contributed by atoms with van der Waals surface area (Å²) in [7, 11) is 1.65. The number of nitrogens with zero attached hydrogens (tertiary/aromatic N) is 6. The van der Waals surface area contributed by atoms with Crippen molar-refractivity contribution < 1.29 is 22.7 Å². The van der Waals surface area contributed by atoms with E-state index in [0.29, 0.717) is 5.88 Å². The lowest BCUT2D eigenvalue weighted by molar-refractivity contribution is -0.148. The third-order valence-corrected chi connectivity index (χ3v) is 4.11. The molecule has 2 aromatic heterocycles. The molecule has 142 valence electrons. The van der Waals surface area contributed by atoms with Gasteiger partial charge in [-0.25, -0.2) is 4.68 Å². The Morgan fingerprint density at radius 1 is 1.31 bits per heavy atom. The van der Waals surface area contributed by atoms with E-state index in [-0.39, 0.29) is 30.7 Å². The van der Waals surface area contributed by atoms with Gasteiger partial charge in [0.2, 0.25) is 11.7 Å². The van der Waals surface area contributed by atoms with Gasteiger partial charge in [0.25, 0.3) is 5.91 Å². The SMILES string of the molecule is CC(C)Oc1cc(C(=O)N2CCn3c(nnc3C(F)(F)F)C2C)nn1C. The largest absolute Gasteiger partial charge is 0.475 e. The lowest BCUT2D eigenvalue weighted by atomic mass is 10.2. The molecule has 0 aromatic carbocycles. The number of hydrogen-bond donors (Lipinski definition) is 0. The maximum absolute atomic E-state index is 13.0. The van der Waals surface area contributed by atoms with Crippen molar-refractivity contribution in [1.82, 2.24) is 29.4 Å². The quantitative estimate of drug-likeness (QED) is 0.824. The van der Waals surface area contributed by atoms with Gasteiger partial charge in [0.15, 0.2) is 11.5 Å². The zero-order chi connectivity index (χ0) is 19.2. The fraction of sp³-hybridized carbons (Fsp3) is 0.600. The molecule has 0 saturated heterocycles. The number of ether oxygens (including phenoxy) is 1. The summed E-state index contributed by atoms with van der Waals surface area (Å²) in [5, 5.41) is 11.0. The zero-order valence-electron chi connectivity index (χ0n) is 14.8. The molecule has 0 radical (unpaired) electrons. The average Bonchev–Trinajstić information content (AvgIpc) is 3.11. The molecule has 0 spiro atoms. The number of halogens is 3. The van der Waals surface area contributed by atoms with E-state index in [0.717, 1.165) is 4.57 Å². The van der Waals surface area contributed by atoms with Crippen molar-refractivity contribution in [2.24, 2.45) is 7.05 Å². The number of amides is 1. The van der Waals surface area contributed by atoms with Gasteiger partial charge in [-0.3, -0.25) is 4.79 Å². The van der Waals surface area contributed by atoms with Crippen LogP contribution in [0.15, 0.2) is 6.07 Å². The second kappa shape index (κ2) is 6.29. The normalized spacial score (nSPS) is 17.5. The van der Waals surface area contributed by atoms with Crippen LogP contribution < -0.4 is 4.74 Å². The van der Waals surface area contributed by atoms with E-state index in [4.69, 9.17) is 4.74 Å². The Morgan fingerprint density at radius 2 is 2.00 bits per heavy atom. The van der Waals surface area contributed by atoms with Crippen LogP contribution in [0.25, 0.3) is 0 Å². The Bertz CT molecular complexity index is 826. The van der Waals surface area contributed by atoms with E-state index in [1.807, 2.05) is 13.8 Å².